The molecule has 0 saturated heterocycles. The Hall–Kier alpha value is -4.09. The van der Waals surface area contributed by atoms with Crippen molar-refractivity contribution in [1.82, 2.24) is 19.2 Å². The van der Waals surface area contributed by atoms with Crippen LogP contribution in [0.3, 0.4) is 0 Å². The maximum atomic E-state index is 13.7. The van der Waals surface area contributed by atoms with Crippen LogP contribution < -0.4 is 4.74 Å². The third kappa shape index (κ3) is 6.18. The van der Waals surface area contributed by atoms with Crippen LogP contribution in [-0.4, -0.2) is 56.2 Å². The highest BCUT2D eigenvalue weighted by atomic mass is 35.5. The molecule has 0 unspecified atom stereocenters. The number of carboxylic acids is 1. The first-order valence-corrected chi connectivity index (χ1v) is 15.5. The number of aryl methyl sites for hydroxylation is 3. The Morgan fingerprint density at radius 3 is 2.59 bits per heavy atom. The molecule has 2 aromatic heterocycles. The smallest absolute Gasteiger partial charge is 0.401 e. The van der Waals surface area contributed by atoms with E-state index in [4.69, 9.17) is 16.3 Å². The molecule has 7 nitrogen and oxygen atoms in total. The van der Waals surface area contributed by atoms with Gasteiger partial charge in [-0.25, -0.2) is 9.18 Å². The van der Waals surface area contributed by atoms with Crippen LogP contribution in [0.15, 0.2) is 48.5 Å². The van der Waals surface area contributed by atoms with E-state index in [1.54, 1.807) is 34.5 Å². The second kappa shape index (κ2) is 12.6. The van der Waals surface area contributed by atoms with E-state index < -0.39 is 18.7 Å². The highest BCUT2D eigenvalue weighted by Crippen LogP contribution is 2.43. The normalized spacial score (nSPS) is 14.4. The molecule has 12 heteroatoms. The minimum Gasteiger partial charge on any atom is -0.493 e. The van der Waals surface area contributed by atoms with E-state index in [1.807, 2.05) is 25.1 Å². The van der Waals surface area contributed by atoms with Crippen molar-refractivity contribution in [3.05, 3.63) is 82.0 Å². The van der Waals surface area contributed by atoms with E-state index >= 15 is 0 Å². The molecule has 0 aliphatic carbocycles. The molecular weight excluding hydrogens is 624 g/mol. The molecule has 6 rings (SSSR count). The minimum atomic E-state index is -4.38. The van der Waals surface area contributed by atoms with Crippen LogP contribution in [0.25, 0.3) is 32.8 Å². The summed E-state index contributed by atoms with van der Waals surface area (Å²) in [7, 11) is 1.73. The number of carbonyl (C=O) groups is 1. The van der Waals surface area contributed by atoms with Crippen molar-refractivity contribution >= 4 is 39.2 Å². The molecule has 242 valence electrons. The van der Waals surface area contributed by atoms with Crippen molar-refractivity contribution in [2.24, 2.45) is 7.05 Å². The number of hydrogen-bond acceptors (Lipinski definition) is 4. The van der Waals surface area contributed by atoms with Gasteiger partial charge in [-0.3, -0.25) is 9.58 Å². The van der Waals surface area contributed by atoms with Crippen LogP contribution >= 0.6 is 11.6 Å². The molecule has 5 aromatic rings. The molecule has 1 N–H and O–H groups in total. The summed E-state index contributed by atoms with van der Waals surface area (Å²) in [6.07, 6.45) is -2.58. The van der Waals surface area contributed by atoms with Crippen LogP contribution in [0.1, 0.15) is 46.7 Å². The number of carboxylic acid groups (broad SMARTS) is 1. The summed E-state index contributed by atoms with van der Waals surface area (Å²) in [6.45, 7) is 1.50. The van der Waals surface area contributed by atoms with Gasteiger partial charge in [0.1, 0.15) is 17.3 Å². The monoisotopic (exact) mass is 656 g/mol. The number of rotatable bonds is 7. The van der Waals surface area contributed by atoms with Crippen molar-refractivity contribution in [2.45, 2.75) is 51.9 Å². The molecule has 0 fully saturated rings. The predicted molar refractivity (Wildman–Crippen MR) is 169 cm³/mol. The first-order valence-electron chi connectivity index (χ1n) is 15.1. The fourth-order valence-corrected chi connectivity index (χ4v) is 6.88. The van der Waals surface area contributed by atoms with Crippen molar-refractivity contribution in [3.8, 4) is 16.9 Å². The van der Waals surface area contributed by atoms with Gasteiger partial charge < -0.3 is 14.4 Å². The van der Waals surface area contributed by atoms with Gasteiger partial charge in [0.25, 0.3) is 0 Å². The Morgan fingerprint density at radius 1 is 1.07 bits per heavy atom. The lowest BCUT2D eigenvalue weighted by molar-refractivity contribution is -0.147. The Kier molecular flexibility index (Phi) is 8.73. The van der Waals surface area contributed by atoms with Crippen molar-refractivity contribution in [2.75, 3.05) is 19.7 Å². The zero-order chi connectivity index (χ0) is 32.7. The highest BCUT2D eigenvalue weighted by molar-refractivity contribution is 6.35. The Labute approximate surface area is 267 Å². The first kappa shape index (κ1) is 31.9. The number of aromatic nitrogens is 3. The van der Waals surface area contributed by atoms with E-state index in [2.05, 4.69) is 5.10 Å². The number of alkyl halides is 3. The summed E-state index contributed by atoms with van der Waals surface area (Å²) in [4.78, 5) is 14.2. The summed E-state index contributed by atoms with van der Waals surface area (Å²) in [6, 6.07) is 13.5. The SMILES string of the molecule is Cc1c2c(nn1C)CN(CC(F)(F)F)CCCCn1c(C(=O)O)c(CCCOc3cccc4cc(F)ccc34)c3ccc(Cl)c-2c31. The lowest BCUT2D eigenvalue weighted by Crippen LogP contribution is -2.35. The van der Waals surface area contributed by atoms with Crippen molar-refractivity contribution < 1.29 is 32.2 Å². The Morgan fingerprint density at radius 2 is 1.83 bits per heavy atom. The molecule has 0 amide bonds. The quantitative estimate of drug-likeness (QED) is 0.141. The fraction of sp³-hybridized carbons (Fsp3) is 0.353. The summed E-state index contributed by atoms with van der Waals surface area (Å²) < 4.78 is 63.8. The molecule has 46 heavy (non-hydrogen) atoms. The lowest BCUT2D eigenvalue weighted by atomic mass is 9.98. The third-order valence-corrected chi connectivity index (χ3v) is 8.97. The fourth-order valence-electron chi connectivity index (χ4n) is 6.63. The third-order valence-electron chi connectivity index (χ3n) is 8.65. The van der Waals surface area contributed by atoms with Crippen LogP contribution in [0.5, 0.6) is 5.75 Å². The number of halogens is 5. The molecular formula is C34H33ClF4N4O3. The van der Waals surface area contributed by atoms with Crippen molar-refractivity contribution in [3.63, 3.8) is 0 Å². The van der Waals surface area contributed by atoms with Gasteiger partial charge in [-0.1, -0.05) is 29.8 Å². The maximum absolute atomic E-state index is 13.7. The lowest BCUT2D eigenvalue weighted by Gasteiger charge is -2.23. The number of hydrogen-bond donors (Lipinski definition) is 1. The van der Waals surface area contributed by atoms with Gasteiger partial charge in [0.2, 0.25) is 0 Å². The van der Waals surface area contributed by atoms with Crippen LogP contribution in [-0.2, 0) is 26.6 Å². The first-order chi connectivity index (χ1) is 21.9. The molecule has 0 atom stereocenters. The zero-order valence-electron chi connectivity index (χ0n) is 25.4. The van der Waals surface area contributed by atoms with Crippen LogP contribution in [0.4, 0.5) is 17.6 Å². The number of ether oxygens (including phenoxy) is 1. The molecule has 0 saturated carbocycles. The van der Waals surface area contributed by atoms with Crippen LogP contribution in [0.2, 0.25) is 5.02 Å². The van der Waals surface area contributed by atoms with Gasteiger partial charge in [-0.15, -0.1) is 0 Å². The minimum absolute atomic E-state index is 0.0270. The summed E-state index contributed by atoms with van der Waals surface area (Å²) in [5, 5.41) is 17.7. The molecule has 3 aromatic carbocycles. The molecule has 0 spiro atoms. The van der Waals surface area contributed by atoms with Gasteiger partial charge in [0.15, 0.2) is 0 Å². The zero-order valence-corrected chi connectivity index (χ0v) is 26.2. The number of aromatic carboxylic acids is 1. The second-order valence-corrected chi connectivity index (χ2v) is 12.1. The van der Waals surface area contributed by atoms with Crippen molar-refractivity contribution in [1.29, 1.82) is 0 Å². The molecule has 1 aliphatic heterocycles. The van der Waals surface area contributed by atoms with E-state index in [0.29, 0.717) is 83.2 Å². The number of fused-ring (bicyclic) bond motifs is 3. The van der Waals surface area contributed by atoms with Gasteiger partial charge in [0.05, 0.1) is 29.4 Å². The van der Waals surface area contributed by atoms with Gasteiger partial charge in [0, 0.05) is 47.7 Å². The van der Waals surface area contributed by atoms with E-state index in [9.17, 15) is 27.5 Å². The van der Waals surface area contributed by atoms with Gasteiger partial charge in [-0.2, -0.15) is 18.3 Å². The highest BCUT2D eigenvalue weighted by Gasteiger charge is 2.33. The van der Waals surface area contributed by atoms with E-state index in [1.165, 1.54) is 17.0 Å². The van der Waals surface area contributed by atoms with Gasteiger partial charge in [-0.05, 0) is 80.4 Å². The molecule has 0 radical (unpaired) electrons. The summed E-state index contributed by atoms with van der Waals surface area (Å²) >= 11 is 6.88. The van der Waals surface area contributed by atoms with E-state index in [0.717, 1.165) is 16.2 Å². The van der Waals surface area contributed by atoms with Crippen LogP contribution in [0, 0.1) is 12.7 Å². The molecule has 3 heterocycles. The summed E-state index contributed by atoms with van der Waals surface area (Å²) in [5.74, 6) is -0.817. The van der Waals surface area contributed by atoms with Gasteiger partial charge >= 0.3 is 12.1 Å². The number of benzene rings is 3. The maximum Gasteiger partial charge on any atom is 0.401 e. The number of nitrogens with zero attached hydrogens (tertiary/aromatic N) is 4. The molecule has 1 aliphatic rings. The summed E-state index contributed by atoms with van der Waals surface area (Å²) in [5.41, 5.74) is 3.77. The standard InChI is InChI=1S/C34H33ClF4N4O3/c1-20-29-27(40-41(20)2)18-42(19-34(37,38)39)14-3-4-15-43-31-25(12-13-26(35)30(29)31)24(32(43)33(44)45)8-6-16-46-28-9-5-7-21-17-22(36)10-11-23(21)28/h5,7,9-13,17H,3-4,6,8,14-16,18-19H2,1-2H3,(H,44,45). The average Bonchev–Trinajstić information content (AvgIpc) is 3.43. The predicted octanol–water partition coefficient (Wildman–Crippen LogP) is 8.16. The average molecular weight is 657 g/mol. The Bertz CT molecular complexity index is 1950. The second-order valence-electron chi connectivity index (χ2n) is 11.7. The largest absolute Gasteiger partial charge is 0.493 e. The Balaban J connectivity index is 1.41. The van der Waals surface area contributed by atoms with E-state index in [-0.39, 0.29) is 24.6 Å². The topological polar surface area (TPSA) is 72.5 Å². The molecule has 0 bridgehead atoms.